The van der Waals surface area contributed by atoms with Crippen molar-refractivity contribution in [3.8, 4) is 17.1 Å². The molecule has 3 aromatic rings. The lowest BCUT2D eigenvalue weighted by Gasteiger charge is -2.16. The SMILES string of the molecule is COc1c(Nc2cc(CC(=O)[C@H]3C[C@@H]3F)nc3c2N=C(C)C3)cccc1-c1ncn(C)n1. The maximum absolute atomic E-state index is 13.3. The monoisotopic (exact) mass is 434 g/mol. The average molecular weight is 434 g/mol. The van der Waals surface area contributed by atoms with E-state index in [0.29, 0.717) is 35.8 Å². The first-order chi connectivity index (χ1) is 15.4. The van der Waals surface area contributed by atoms with E-state index >= 15 is 0 Å². The fraction of sp³-hybridized carbons (Fsp3) is 0.348. The number of carbonyl (C=O) groups is 1. The Morgan fingerprint density at radius 1 is 1.34 bits per heavy atom. The maximum atomic E-state index is 13.3. The molecule has 0 amide bonds. The molecule has 0 unspecified atom stereocenters. The van der Waals surface area contributed by atoms with Gasteiger partial charge in [-0.05, 0) is 31.5 Å². The van der Waals surface area contributed by atoms with Crippen LogP contribution in [0.1, 0.15) is 24.7 Å². The van der Waals surface area contributed by atoms with Crippen LogP contribution in [0.15, 0.2) is 35.6 Å². The molecule has 9 heteroatoms. The molecule has 0 radical (unpaired) electrons. The van der Waals surface area contributed by atoms with E-state index in [1.165, 1.54) is 0 Å². The van der Waals surface area contributed by atoms with Crippen LogP contribution in [0.25, 0.3) is 11.4 Å². The molecule has 1 aliphatic carbocycles. The second-order valence-electron chi connectivity index (χ2n) is 8.23. The number of hydrogen-bond donors (Lipinski definition) is 1. The fourth-order valence-corrected chi connectivity index (χ4v) is 4.00. The molecule has 0 bridgehead atoms. The molecule has 1 N–H and O–H groups in total. The minimum Gasteiger partial charge on any atom is -0.494 e. The predicted molar refractivity (Wildman–Crippen MR) is 119 cm³/mol. The van der Waals surface area contributed by atoms with Crippen molar-refractivity contribution in [1.82, 2.24) is 19.7 Å². The van der Waals surface area contributed by atoms with Gasteiger partial charge in [-0.15, -0.1) is 0 Å². The molecule has 5 rings (SSSR count). The third kappa shape index (κ3) is 3.74. The van der Waals surface area contributed by atoms with Crippen LogP contribution in [0.4, 0.5) is 21.5 Å². The number of alkyl halides is 1. The molecule has 1 saturated carbocycles. The van der Waals surface area contributed by atoms with Gasteiger partial charge in [0.1, 0.15) is 24.0 Å². The molecular weight excluding hydrogens is 411 g/mol. The number of aryl methyl sites for hydroxylation is 1. The summed E-state index contributed by atoms with van der Waals surface area (Å²) >= 11 is 0. The van der Waals surface area contributed by atoms with Crippen molar-refractivity contribution < 1.29 is 13.9 Å². The van der Waals surface area contributed by atoms with E-state index in [1.54, 1.807) is 25.2 Å². The molecule has 8 nitrogen and oxygen atoms in total. The largest absolute Gasteiger partial charge is 0.494 e. The summed E-state index contributed by atoms with van der Waals surface area (Å²) in [6.45, 7) is 1.95. The number of Topliss-reactive ketones (excluding diaryl/α,β-unsaturated/α-hetero) is 1. The number of fused-ring (bicyclic) bond motifs is 1. The molecule has 3 heterocycles. The molecule has 2 aromatic heterocycles. The zero-order valence-electron chi connectivity index (χ0n) is 18.1. The summed E-state index contributed by atoms with van der Waals surface area (Å²) in [5.74, 6) is 0.562. The Morgan fingerprint density at radius 3 is 2.84 bits per heavy atom. The Balaban J connectivity index is 1.51. The average Bonchev–Trinajstić information content (AvgIpc) is 3.14. The van der Waals surface area contributed by atoms with Gasteiger partial charge < -0.3 is 10.1 Å². The fourth-order valence-electron chi connectivity index (χ4n) is 4.00. The molecule has 2 aliphatic rings. The lowest BCUT2D eigenvalue weighted by molar-refractivity contribution is -0.120. The first-order valence-electron chi connectivity index (χ1n) is 10.5. The van der Waals surface area contributed by atoms with E-state index in [4.69, 9.17) is 4.74 Å². The third-order valence-corrected chi connectivity index (χ3v) is 5.65. The zero-order chi connectivity index (χ0) is 22.4. The third-order valence-electron chi connectivity index (χ3n) is 5.65. The molecule has 164 valence electrons. The minimum absolute atomic E-state index is 0.104. The normalized spacial score (nSPS) is 18.8. The van der Waals surface area contributed by atoms with Crippen molar-refractivity contribution in [1.29, 1.82) is 0 Å². The number of nitrogens with one attached hydrogen (secondary N) is 1. The summed E-state index contributed by atoms with van der Waals surface area (Å²) in [5.41, 5.74) is 5.31. The lowest BCUT2D eigenvalue weighted by atomic mass is 10.1. The highest BCUT2D eigenvalue weighted by Gasteiger charge is 2.43. The molecule has 32 heavy (non-hydrogen) atoms. The lowest BCUT2D eigenvalue weighted by Crippen LogP contribution is -2.10. The zero-order valence-corrected chi connectivity index (χ0v) is 18.1. The standard InChI is InChI=1S/C23H23FN6O2/c1-12-7-18-21(26-12)19(8-13(27-18)9-20(31)15-10-16(15)24)28-17-6-4-5-14(22(17)32-3)23-25-11-30(2)29-23/h4-6,8,11,15-16H,7,9-10H2,1-3H3,(H,27,28)/t15-,16-/m0/s1. The van der Waals surface area contributed by atoms with Crippen LogP contribution in [0.2, 0.25) is 0 Å². The number of aromatic nitrogens is 4. The first-order valence-corrected chi connectivity index (χ1v) is 10.5. The molecule has 0 saturated heterocycles. The predicted octanol–water partition coefficient (Wildman–Crippen LogP) is 3.75. The van der Waals surface area contributed by atoms with Gasteiger partial charge in [-0.3, -0.25) is 19.5 Å². The van der Waals surface area contributed by atoms with Gasteiger partial charge in [0.15, 0.2) is 11.6 Å². The Labute approximate surface area is 184 Å². The Morgan fingerprint density at radius 2 is 2.16 bits per heavy atom. The molecule has 1 aromatic carbocycles. The summed E-state index contributed by atoms with van der Waals surface area (Å²) in [6.07, 6.45) is 1.68. The van der Waals surface area contributed by atoms with Crippen LogP contribution in [0.5, 0.6) is 5.75 Å². The summed E-state index contributed by atoms with van der Waals surface area (Å²) < 4.78 is 20.7. The molecule has 0 spiro atoms. The highest BCUT2D eigenvalue weighted by Crippen LogP contribution is 2.41. The molecule has 1 fully saturated rings. The highest BCUT2D eigenvalue weighted by atomic mass is 19.1. The number of ketones is 1. The van der Waals surface area contributed by atoms with Crippen molar-refractivity contribution in [3.05, 3.63) is 42.0 Å². The van der Waals surface area contributed by atoms with Crippen LogP contribution in [0, 0.1) is 5.92 Å². The van der Waals surface area contributed by atoms with Crippen LogP contribution in [-0.4, -0.2) is 44.5 Å². The van der Waals surface area contributed by atoms with E-state index in [-0.39, 0.29) is 12.2 Å². The quantitative estimate of drug-likeness (QED) is 0.609. The number of nitrogens with zero attached hydrogens (tertiary/aromatic N) is 5. The number of anilines is 2. The summed E-state index contributed by atoms with van der Waals surface area (Å²) in [5, 5.41) is 7.79. The number of benzene rings is 1. The first kappa shape index (κ1) is 20.3. The van der Waals surface area contributed by atoms with Crippen LogP contribution in [0.3, 0.4) is 0 Å². The van der Waals surface area contributed by atoms with E-state index in [1.807, 2.05) is 31.2 Å². The van der Waals surface area contributed by atoms with E-state index in [0.717, 1.165) is 28.3 Å². The topological polar surface area (TPSA) is 94.3 Å². The highest BCUT2D eigenvalue weighted by molar-refractivity contribution is 5.96. The van der Waals surface area contributed by atoms with E-state index in [9.17, 15) is 9.18 Å². The number of hydrogen-bond acceptors (Lipinski definition) is 7. The van der Waals surface area contributed by atoms with Crippen molar-refractivity contribution in [2.45, 2.75) is 32.4 Å². The van der Waals surface area contributed by atoms with Gasteiger partial charge in [-0.1, -0.05) is 6.07 Å². The van der Waals surface area contributed by atoms with Crippen molar-refractivity contribution >= 4 is 28.6 Å². The molecular formula is C23H23FN6O2. The van der Waals surface area contributed by atoms with Crippen molar-refractivity contribution in [3.63, 3.8) is 0 Å². The smallest absolute Gasteiger partial charge is 0.184 e. The number of carbonyl (C=O) groups excluding carboxylic acids is 1. The second-order valence-corrected chi connectivity index (χ2v) is 8.23. The van der Waals surface area contributed by atoms with Gasteiger partial charge in [0.2, 0.25) is 0 Å². The number of ether oxygens (including phenoxy) is 1. The van der Waals surface area contributed by atoms with Crippen LogP contribution < -0.4 is 10.1 Å². The minimum atomic E-state index is -1.01. The number of halogens is 1. The van der Waals surface area contributed by atoms with Gasteiger partial charge in [0.05, 0.1) is 41.4 Å². The van der Waals surface area contributed by atoms with Gasteiger partial charge in [0, 0.05) is 25.6 Å². The molecule has 1 aliphatic heterocycles. The second kappa shape index (κ2) is 7.81. The number of aliphatic imine (C=N–C) groups is 1. The van der Waals surface area contributed by atoms with Gasteiger partial charge >= 0.3 is 0 Å². The number of para-hydroxylation sites is 1. The van der Waals surface area contributed by atoms with E-state index in [2.05, 4.69) is 25.4 Å². The van der Waals surface area contributed by atoms with Gasteiger partial charge in [-0.2, -0.15) is 5.10 Å². The van der Waals surface area contributed by atoms with Crippen LogP contribution >= 0.6 is 0 Å². The Kier molecular flexibility index (Phi) is 4.96. The summed E-state index contributed by atoms with van der Waals surface area (Å²) in [7, 11) is 3.40. The van der Waals surface area contributed by atoms with Crippen molar-refractivity contribution in [2.24, 2.45) is 18.0 Å². The Bertz CT molecular complexity index is 1250. The Hall–Kier alpha value is -3.62. The maximum Gasteiger partial charge on any atom is 0.184 e. The number of rotatable bonds is 7. The van der Waals surface area contributed by atoms with Crippen LogP contribution in [-0.2, 0) is 24.7 Å². The summed E-state index contributed by atoms with van der Waals surface area (Å²) in [6, 6.07) is 7.50. The molecule has 2 atom stereocenters. The summed E-state index contributed by atoms with van der Waals surface area (Å²) in [4.78, 5) is 26.0. The van der Waals surface area contributed by atoms with Crippen molar-refractivity contribution in [2.75, 3.05) is 12.4 Å². The van der Waals surface area contributed by atoms with Gasteiger partial charge in [-0.25, -0.2) is 9.37 Å². The number of pyridine rings is 1. The van der Waals surface area contributed by atoms with Gasteiger partial charge in [0.25, 0.3) is 0 Å². The number of methoxy groups -OCH3 is 1. The van der Waals surface area contributed by atoms with E-state index < -0.39 is 12.1 Å².